The van der Waals surface area contributed by atoms with Gasteiger partial charge in [0, 0.05) is 16.4 Å². The average molecular weight is 369 g/mol. The first-order valence-corrected chi connectivity index (χ1v) is 8.42. The molecule has 0 spiro atoms. The molecule has 0 bridgehead atoms. The molecule has 1 amide bonds. The third-order valence-corrected chi connectivity index (χ3v) is 3.65. The van der Waals surface area contributed by atoms with Gasteiger partial charge in [-0.2, -0.15) is 0 Å². The van der Waals surface area contributed by atoms with Gasteiger partial charge in [-0.15, -0.1) is 10.2 Å². The first-order valence-electron chi connectivity index (χ1n) is 8.04. The van der Waals surface area contributed by atoms with Crippen molar-refractivity contribution in [2.75, 3.05) is 17.2 Å². The summed E-state index contributed by atoms with van der Waals surface area (Å²) in [5.41, 5.74) is 1.65. The minimum Gasteiger partial charge on any atom is -0.494 e. The van der Waals surface area contributed by atoms with Crippen LogP contribution >= 0.6 is 11.6 Å². The quantitative estimate of drug-likeness (QED) is 0.668. The third-order valence-electron chi connectivity index (χ3n) is 3.42. The van der Waals surface area contributed by atoms with E-state index in [1.165, 1.54) is 0 Å². The molecule has 3 rings (SSSR count). The van der Waals surface area contributed by atoms with Crippen molar-refractivity contribution in [2.24, 2.45) is 0 Å². The molecule has 0 unspecified atom stereocenters. The van der Waals surface area contributed by atoms with Gasteiger partial charge in [0.25, 0.3) is 5.91 Å². The Hall–Kier alpha value is -3.12. The van der Waals surface area contributed by atoms with Crippen LogP contribution < -0.4 is 15.4 Å². The van der Waals surface area contributed by atoms with E-state index in [1.807, 2.05) is 31.2 Å². The zero-order valence-electron chi connectivity index (χ0n) is 14.1. The van der Waals surface area contributed by atoms with E-state index in [9.17, 15) is 4.79 Å². The highest BCUT2D eigenvalue weighted by atomic mass is 35.5. The van der Waals surface area contributed by atoms with Gasteiger partial charge in [-0.25, -0.2) is 0 Å². The lowest BCUT2D eigenvalue weighted by Crippen LogP contribution is -2.14. The number of carbonyl (C=O) groups excluding carboxylic acids is 1. The van der Waals surface area contributed by atoms with E-state index in [-0.39, 0.29) is 11.6 Å². The van der Waals surface area contributed by atoms with Crippen LogP contribution in [-0.2, 0) is 0 Å². The van der Waals surface area contributed by atoms with Crippen molar-refractivity contribution in [3.8, 4) is 5.75 Å². The summed E-state index contributed by atoms with van der Waals surface area (Å²) in [6.07, 6.45) is 0. The van der Waals surface area contributed by atoms with Gasteiger partial charge in [-0.3, -0.25) is 4.79 Å². The summed E-state index contributed by atoms with van der Waals surface area (Å²) < 4.78 is 5.40. The van der Waals surface area contributed by atoms with Crippen LogP contribution in [0.3, 0.4) is 0 Å². The van der Waals surface area contributed by atoms with E-state index < -0.39 is 0 Å². The summed E-state index contributed by atoms with van der Waals surface area (Å²) in [4.78, 5) is 12.2. The largest absolute Gasteiger partial charge is 0.494 e. The Morgan fingerprint density at radius 1 is 1.04 bits per heavy atom. The maximum absolute atomic E-state index is 12.2. The average Bonchev–Trinajstić information content (AvgIpc) is 2.64. The van der Waals surface area contributed by atoms with Crippen molar-refractivity contribution in [2.45, 2.75) is 6.92 Å². The number of nitrogens with zero attached hydrogens (tertiary/aromatic N) is 2. The summed E-state index contributed by atoms with van der Waals surface area (Å²) in [6, 6.07) is 17.7. The van der Waals surface area contributed by atoms with Gasteiger partial charge in [0.05, 0.1) is 6.61 Å². The van der Waals surface area contributed by atoms with Crippen LogP contribution in [0.2, 0.25) is 5.02 Å². The lowest BCUT2D eigenvalue weighted by atomic mass is 10.3. The van der Waals surface area contributed by atoms with Crippen molar-refractivity contribution >= 4 is 34.7 Å². The fourth-order valence-corrected chi connectivity index (χ4v) is 2.42. The first kappa shape index (κ1) is 17.7. The van der Waals surface area contributed by atoms with Crippen LogP contribution in [-0.4, -0.2) is 22.7 Å². The van der Waals surface area contributed by atoms with Gasteiger partial charge in [-0.05, 0) is 61.5 Å². The number of hydrogen-bond acceptors (Lipinski definition) is 5. The van der Waals surface area contributed by atoms with Gasteiger partial charge in [0.2, 0.25) is 0 Å². The van der Waals surface area contributed by atoms with Gasteiger partial charge in [0.1, 0.15) is 5.75 Å². The molecule has 132 valence electrons. The molecule has 3 aromatic rings. The topological polar surface area (TPSA) is 76.1 Å². The minimum absolute atomic E-state index is 0.210. The van der Waals surface area contributed by atoms with E-state index in [4.69, 9.17) is 16.3 Å². The van der Waals surface area contributed by atoms with Crippen molar-refractivity contribution in [1.82, 2.24) is 10.2 Å². The maximum Gasteiger partial charge on any atom is 0.276 e. The summed E-state index contributed by atoms with van der Waals surface area (Å²) in [5, 5.41) is 14.4. The van der Waals surface area contributed by atoms with Gasteiger partial charge in [-0.1, -0.05) is 17.7 Å². The summed E-state index contributed by atoms with van der Waals surface area (Å²) >= 11 is 5.90. The highest BCUT2D eigenvalue weighted by molar-refractivity contribution is 6.30. The Labute approximate surface area is 156 Å². The predicted octanol–water partition coefficient (Wildman–Crippen LogP) is 4.52. The molecule has 2 N–H and O–H groups in total. The fraction of sp³-hybridized carbons (Fsp3) is 0.105. The summed E-state index contributed by atoms with van der Waals surface area (Å²) in [5.74, 6) is 0.984. The highest BCUT2D eigenvalue weighted by Gasteiger charge is 2.09. The number of halogens is 1. The second-order valence-electron chi connectivity index (χ2n) is 5.35. The zero-order chi connectivity index (χ0) is 18.4. The number of hydrogen-bond donors (Lipinski definition) is 2. The monoisotopic (exact) mass is 368 g/mol. The van der Waals surface area contributed by atoms with Gasteiger partial charge >= 0.3 is 0 Å². The molecular weight excluding hydrogens is 352 g/mol. The molecule has 0 radical (unpaired) electrons. The van der Waals surface area contributed by atoms with Crippen molar-refractivity contribution in [3.63, 3.8) is 0 Å². The molecule has 0 aliphatic rings. The number of aromatic nitrogens is 2. The van der Waals surface area contributed by atoms with E-state index >= 15 is 0 Å². The molecule has 2 aromatic carbocycles. The predicted molar refractivity (Wildman–Crippen MR) is 102 cm³/mol. The smallest absolute Gasteiger partial charge is 0.276 e. The normalized spacial score (nSPS) is 10.2. The standard InChI is InChI=1S/C19H17ClN4O2/c1-2-26-16-8-6-14(7-9-16)21-18-11-10-17(23-24-18)19(25)22-15-5-3-4-13(20)12-15/h3-12H,2H2,1H3,(H,21,24)(H,22,25). The van der Waals surface area contributed by atoms with Crippen LogP contribution in [0.25, 0.3) is 0 Å². The molecule has 0 atom stereocenters. The first-order chi connectivity index (χ1) is 12.6. The van der Waals surface area contributed by atoms with Crippen LogP contribution in [0.4, 0.5) is 17.2 Å². The summed E-state index contributed by atoms with van der Waals surface area (Å²) in [7, 11) is 0. The number of carbonyl (C=O) groups is 1. The molecule has 26 heavy (non-hydrogen) atoms. The molecule has 0 saturated heterocycles. The Kier molecular flexibility index (Phi) is 5.66. The Morgan fingerprint density at radius 3 is 2.50 bits per heavy atom. The van der Waals surface area contributed by atoms with E-state index in [0.29, 0.717) is 23.1 Å². The lowest BCUT2D eigenvalue weighted by molar-refractivity contribution is 0.102. The summed E-state index contributed by atoms with van der Waals surface area (Å²) in [6.45, 7) is 2.56. The molecule has 0 fully saturated rings. The second kappa shape index (κ2) is 8.31. The Bertz CT molecular complexity index is 883. The number of ether oxygens (including phenoxy) is 1. The molecule has 7 heteroatoms. The number of benzene rings is 2. The van der Waals surface area contributed by atoms with E-state index in [1.54, 1.807) is 36.4 Å². The minimum atomic E-state index is -0.354. The van der Waals surface area contributed by atoms with Crippen LogP contribution in [0.15, 0.2) is 60.7 Å². The van der Waals surface area contributed by atoms with Crippen LogP contribution in [0.1, 0.15) is 17.4 Å². The second-order valence-corrected chi connectivity index (χ2v) is 5.79. The highest BCUT2D eigenvalue weighted by Crippen LogP contribution is 2.19. The molecule has 0 aliphatic carbocycles. The van der Waals surface area contributed by atoms with E-state index in [0.717, 1.165) is 11.4 Å². The number of rotatable bonds is 6. The Balaban J connectivity index is 1.63. The van der Waals surface area contributed by atoms with Crippen LogP contribution in [0, 0.1) is 0 Å². The maximum atomic E-state index is 12.2. The number of nitrogens with one attached hydrogen (secondary N) is 2. The molecular formula is C19H17ClN4O2. The van der Waals surface area contributed by atoms with Gasteiger partial charge < -0.3 is 15.4 Å². The van der Waals surface area contributed by atoms with E-state index in [2.05, 4.69) is 20.8 Å². The fourth-order valence-electron chi connectivity index (χ4n) is 2.23. The Morgan fingerprint density at radius 2 is 1.85 bits per heavy atom. The molecule has 0 aliphatic heterocycles. The lowest BCUT2D eigenvalue weighted by Gasteiger charge is -2.08. The van der Waals surface area contributed by atoms with Crippen molar-refractivity contribution < 1.29 is 9.53 Å². The molecule has 1 aromatic heterocycles. The third kappa shape index (κ3) is 4.70. The number of amides is 1. The SMILES string of the molecule is CCOc1ccc(Nc2ccc(C(=O)Nc3cccc(Cl)c3)nn2)cc1. The van der Waals surface area contributed by atoms with Crippen LogP contribution in [0.5, 0.6) is 5.75 Å². The molecule has 6 nitrogen and oxygen atoms in total. The molecule has 0 saturated carbocycles. The van der Waals surface area contributed by atoms with Crippen molar-refractivity contribution in [3.05, 3.63) is 71.4 Å². The number of anilines is 3. The molecule has 1 heterocycles. The zero-order valence-corrected chi connectivity index (χ0v) is 14.8. The van der Waals surface area contributed by atoms with Crippen molar-refractivity contribution in [1.29, 1.82) is 0 Å². The van der Waals surface area contributed by atoms with Gasteiger partial charge in [0.15, 0.2) is 11.5 Å².